The number of pyridine rings is 1. The Labute approximate surface area is 214 Å². The van der Waals surface area contributed by atoms with Crippen LogP contribution in [0.25, 0.3) is 16.9 Å². The Balaban J connectivity index is 1.61. The molecule has 10 nitrogen and oxygen atoms in total. The zero-order valence-corrected chi connectivity index (χ0v) is 21.1. The predicted octanol–water partition coefficient (Wildman–Crippen LogP) is 3.00. The van der Waals surface area contributed by atoms with E-state index in [1.54, 1.807) is 42.8 Å². The Bertz CT molecular complexity index is 1570. The number of nitrogens with one attached hydrogen (secondary N) is 2. The Hall–Kier alpha value is -4.31. The number of esters is 1. The summed E-state index contributed by atoms with van der Waals surface area (Å²) < 4.78 is 8.11. The summed E-state index contributed by atoms with van der Waals surface area (Å²) in [6.07, 6.45) is 4.11. The molecule has 190 valence electrons. The van der Waals surface area contributed by atoms with Gasteiger partial charge in [-0.05, 0) is 62.2 Å². The van der Waals surface area contributed by atoms with Crippen molar-refractivity contribution in [2.24, 2.45) is 0 Å². The van der Waals surface area contributed by atoms with E-state index in [9.17, 15) is 9.59 Å². The van der Waals surface area contributed by atoms with Gasteiger partial charge in [0.15, 0.2) is 11.5 Å². The fourth-order valence-corrected chi connectivity index (χ4v) is 4.54. The summed E-state index contributed by atoms with van der Waals surface area (Å²) in [6.45, 7) is 9.33. The second kappa shape index (κ2) is 9.62. The number of carbonyl (C=O) groups is 1. The van der Waals surface area contributed by atoms with Gasteiger partial charge in [-0.25, -0.2) is 19.3 Å². The van der Waals surface area contributed by atoms with Crippen LogP contribution in [0, 0.1) is 0 Å². The van der Waals surface area contributed by atoms with Gasteiger partial charge < -0.3 is 15.4 Å². The zero-order chi connectivity index (χ0) is 26.2. The minimum Gasteiger partial charge on any atom is -0.468 e. The van der Waals surface area contributed by atoms with Crippen LogP contribution in [0.15, 0.2) is 60.0 Å². The smallest absolute Gasteiger partial charge is 0.317 e. The highest BCUT2D eigenvalue weighted by atomic mass is 16.5. The molecule has 0 saturated carbocycles. The van der Waals surface area contributed by atoms with Crippen LogP contribution in [-0.2, 0) is 34.5 Å². The molecule has 10 heteroatoms. The predicted molar refractivity (Wildman–Crippen MR) is 141 cm³/mol. The third kappa shape index (κ3) is 4.40. The lowest BCUT2D eigenvalue weighted by Crippen LogP contribution is -2.32. The number of rotatable bonds is 7. The van der Waals surface area contributed by atoms with Gasteiger partial charge in [-0.3, -0.25) is 9.59 Å². The van der Waals surface area contributed by atoms with Crippen LogP contribution in [0.1, 0.15) is 30.7 Å². The highest BCUT2D eigenvalue weighted by Crippen LogP contribution is 2.26. The maximum Gasteiger partial charge on any atom is 0.317 e. The molecule has 2 N–H and O–H groups in total. The van der Waals surface area contributed by atoms with Crippen molar-refractivity contribution in [1.82, 2.24) is 29.6 Å². The average Bonchev–Trinajstić information content (AvgIpc) is 3.19. The van der Waals surface area contributed by atoms with Crippen LogP contribution >= 0.6 is 0 Å². The Kier molecular flexibility index (Phi) is 6.34. The van der Waals surface area contributed by atoms with Gasteiger partial charge in [0.05, 0.1) is 19.3 Å². The molecule has 4 aromatic rings. The van der Waals surface area contributed by atoms with E-state index < -0.39 is 11.4 Å². The summed E-state index contributed by atoms with van der Waals surface area (Å²) in [5.41, 5.74) is 3.10. The van der Waals surface area contributed by atoms with Crippen molar-refractivity contribution in [3.8, 4) is 5.82 Å². The van der Waals surface area contributed by atoms with Crippen LogP contribution < -0.4 is 16.2 Å². The van der Waals surface area contributed by atoms with Crippen LogP contribution in [0.2, 0.25) is 0 Å². The van der Waals surface area contributed by atoms with E-state index >= 15 is 0 Å². The molecule has 5 rings (SSSR count). The Morgan fingerprint density at radius 3 is 2.86 bits per heavy atom. The Morgan fingerprint density at radius 1 is 1.24 bits per heavy atom. The molecular formula is C27H29N7O3. The van der Waals surface area contributed by atoms with Gasteiger partial charge in [0, 0.05) is 18.4 Å². The SMILES string of the molecule is C=CCn1c(=O)c2cnc(Nc3ccc4c(c3)CCNC4)nc2n1-c1cccc(C(C)(C)C(=O)OC)n1. The maximum absolute atomic E-state index is 13.3. The van der Waals surface area contributed by atoms with E-state index in [0.717, 1.165) is 25.2 Å². The number of hydrogen-bond donors (Lipinski definition) is 2. The standard InChI is InChI=1S/C27H29N7O3/c1-5-13-33-24(35)20-16-29-26(30-19-10-9-18-15-28-12-11-17(18)14-19)32-23(20)34(33)22-8-6-7-21(31-22)27(2,3)25(36)37-4/h5-10,14,16,28H,1,11-13,15H2,2-4H3,(H,29,30,32). The number of aromatic nitrogens is 5. The first-order chi connectivity index (χ1) is 17.8. The number of carbonyl (C=O) groups excluding carboxylic acids is 1. The number of allylic oxidation sites excluding steroid dienone is 1. The largest absolute Gasteiger partial charge is 0.468 e. The van der Waals surface area contributed by atoms with Gasteiger partial charge in [0.1, 0.15) is 10.8 Å². The number of methoxy groups -OCH3 is 1. The van der Waals surface area contributed by atoms with E-state index in [1.807, 2.05) is 6.07 Å². The van der Waals surface area contributed by atoms with Crippen molar-refractivity contribution in [2.75, 3.05) is 19.0 Å². The molecule has 1 aliphatic heterocycles. The molecule has 1 aromatic carbocycles. The Morgan fingerprint density at radius 2 is 2.08 bits per heavy atom. The molecule has 0 atom stereocenters. The summed E-state index contributed by atoms with van der Waals surface area (Å²) in [4.78, 5) is 39.5. The van der Waals surface area contributed by atoms with Crippen molar-refractivity contribution in [1.29, 1.82) is 0 Å². The second-order valence-corrected chi connectivity index (χ2v) is 9.45. The normalized spacial score (nSPS) is 13.3. The van der Waals surface area contributed by atoms with Gasteiger partial charge in [0.25, 0.3) is 5.56 Å². The van der Waals surface area contributed by atoms with Crippen molar-refractivity contribution in [2.45, 2.75) is 38.8 Å². The summed E-state index contributed by atoms with van der Waals surface area (Å²) in [5, 5.41) is 7.00. The zero-order valence-electron chi connectivity index (χ0n) is 21.1. The average molecular weight is 500 g/mol. The lowest BCUT2D eigenvalue weighted by Gasteiger charge is -2.21. The summed E-state index contributed by atoms with van der Waals surface area (Å²) in [6, 6.07) is 11.5. The van der Waals surface area contributed by atoms with Crippen LogP contribution in [0.5, 0.6) is 0 Å². The van der Waals surface area contributed by atoms with Crippen LogP contribution in [0.4, 0.5) is 11.6 Å². The van der Waals surface area contributed by atoms with Gasteiger partial charge >= 0.3 is 5.97 Å². The monoisotopic (exact) mass is 499 g/mol. The molecule has 4 heterocycles. The number of nitrogens with zero attached hydrogens (tertiary/aromatic N) is 5. The van der Waals surface area contributed by atoms with Gasteiger partial charge in [-0.15, -0.1) is 6.58 Å². The fourth-order valence-electron chi connectivity index (χ4n) is 4.54. The van der Waals surface area contributed by atoms with E-state index in [-0.39, 0.29) is 12.1 Å². The molecule has 0 spiro atoms. The number of benzene rings is 1. The van der Waals surface area contributed by atoms with Crippen molar-refractivity contribution in [3.63, 3.8) is 0 Å². The van der Waals surface area contributed by atoms with Crippen LogP contribution in [-0.4, -0.2) is 43.9 Å². The first kappa shape index (κ1) is 24.4. The number of hydrogen-bond acceptors (Lipinski definition) is 8. The number of ether oxygens (including phenoxy) is 1. The quantitative estimate of drug-likeness (QED) is 0.295. The van der Waals surface area contributed by atoms with Crippen molar-refractivity contribution < 1.29 is 9.53 Å². The van der Waals surface area contributed by atoms with Gasteiger partial charge in [-0.2, -0.15) is 4.98 Å². The van der Waals surface area contributed by atoms with E-state index in [0.29, 0.717) is 28.5 Å². The molecule has 0 radical (unpaired) electrons. The molecule has 0 saturated heterocycles. The molecule has 0 aliphatic carbocycles. The van der Waals surface area contributed by atoms with E-state index in [2.05, 4.69) is 34.3 Å². The third-order valence-electron chi connectivity index (χ3n) is 6.61. The molecule has 0 amide bonds. The van der Waals surface area contributed by atoms with Gasteiger partial charge in [-0.1, -0.05) is 18.2 Å². The second-order valence-electron chi connectivity index (χ2n) is 9.45. The van der Waals surface area contributed by atoms with Gasteiger partial charge in [0.2, 0.25) is 5.95 Å². The minimum absolute atomic E-state index is 0.239. The molecule has 0 fully saturated rings. The first-order valence-electron chi connectivity index (χ1n) is 12.1. The topological polar surface area (TPSA) is 116 Å². The lowest BCUT2D eigenvalue weighted by atomic mass is 9.89. The highest BCUT2D eigenvalue weighted by Gasteiger charge is 2.33. The van der Waals surface area contributed by atoms with Crippen molar-refractivity contribution >= 4 is 28.6 Å². The molecule has 1 aliphatic rings. The maximum atomic E-state index is 13.3. The molecule has 37 heavy (non-hydrogen) atoms. The highest BCUT2D eigenvalue weighted by molar-refractivity contribution is 5.81. The van der Waals surface area contributed by atoms with E-state index in [1.165, 1.54) is 29.1 Å². The molecule has 0 bridgehead atoms. The van der Waals surface area contributed by atoms with E-state index in [4.69, 9.17) is 14.7 Å². The summed E-state index contributed by atoms with van der Waals surface area (Å²) in [7, 11) is 1.35. The third-order valence-corrected chi connectivity index (χ3v) is 6.61. The lowest BCUT2D eigenvalue weighted by molar-refractivity contribution is -0.146. The van der Waals surface area contributed by atoms with Crippen LogP contribution in [0.3, 0.4) is 0 Å². The fraction of sp³-hybridized carbons (Fsp3) is 0.296. The molecule has 0 unspecified atom stereocenters. The van der Waals surface area contributed by atoms with Crippen molar-refractivity contribution in [3.05, 3.63) is 82.4 Å². The summed E-state index contributed by atoms with van der Waals surface area (Å²) >= 11 is 0. The molecular weight excluding hydrogens is 470 g/mol. The summed E-state index contributed by atoms with van der Waals surface area (Å²) in [5.74, 6) is 0.388. The first-order valence-corrected chi connectivity index (χ1v) is 12.1. The molecule has 3 aromatic heterocycles. The number of fused-ring (bicyclic) bond motifs is 2. The minimum atomic E-state index is -0.985. The number of anilines is 2.